The number of amides is 1. The second-order valence-electron chi connectivity index (χ2n) is 4.41. The Morgan fingerprint density at radius 2 is 2.32 bits per heavy atom. The molecule has 1 aliphatic heterocycles. The number of likely N-dealkylation sites (tertiary alicyclic amines) is 1. The van der Waals surface area contributed by atoms with Gasteiger partial charge in [-0.1, -0.05) is 0 Å². The Balaban J connectivity index is 2.10. The number of carbonyl (C=O) groups excluding carboxylic acids is 1. The van der Waals surface area contributed by atoms with E-state index in [0.29, 0.717) is 25.7 Å². The van der Waals surface area contributed by atoms with Crippen LogP contribution in [0.25, 0.3) is 0 Å². The molecule has 1 heterocycles. The van der Waals surface area contributed by atoms with Gasteiger partial charge in [0.2, 0.25) is 0 Å². The van der Waals surface area contributed by atoms with Gasteiger partial charge in [0, 0.05) is 12.6 Å². The fraction of sp³-hybridized carbons (Fsp3) is 0.385. The Hall–Kier alpha value is -2.11. The molecule has 1 amide bonds. The first-order valence-electron chi connectivity index (χ1n) is 5.99. The summed E-state index contributed by atoms with van der Waals surface area (Å²) < 4.78 is 18.7. The number of halogens is 1. The summed E-state index contributed by atoms with van der Waals surface area (Å²) >= 11 is 0. The summed E-state index contributed by atoms with van der Waals surface area (Å²) in [6, 6.07) is 3.67. The van der Waals surface area contributed by atoms with Gasteiger partial charge in [-0.25, -0.2) is 9.18 Å². The van der Waals surface area contributed by atoms with Crippen LogP contribution in [0.3, 0.4) is 0 Å². The number of benzene rings is 1. The number of ether oxygens (including phenoxy) is 1. The summed E-state index contributed by atoms with van der Waals surface area (Å²) in [5.74, 6) is -0.335. The van der Waals surface area contributed by atoms with Crippen LogP contribution in [0.15, 0.2) is 18.2 Å². The van der Waals surface area contributed by atoms with Crippen LogP contribution in [-0.2, 0) is 0 Å². The Labute approximate surface area is 109 Å². The number of rotatable bonds is 3. The highest BCUT2D eigenvalue weighted by Crippen LogP contribution is 2.23. The highest BCUT2D eigenvalue weighted by molar-refractivity contribution is 5.79. The van der Waals surface area contributed by atoms with Crippen molar-refractivity contribution in [3.63, 3.8) is 0 Å². The Kier molecular flexibility index (Phi) is 3.99. The first-order valence-corrected chi connectivity index (χ1v) is 5.99. The van der Waals surface area contributed by atoms with Crippen LogP contribution in [0.4, 0.5) is 9.18 Å². The third-order valence-electron chi connectivity index (χ3n) is 3.04. The molecule has 1 aromatic carbocycles. The van der Waals surface area contributed by atoms with Gasteiger partial charge in [-0.2, -0.15) is 0 Å². The van der Waals surface area contributed by atoms with E-state index in [9.17, 15) is 14.0 Å². The lowest BCUT2D eigenvalue weighted by molar-refractivity contribution is 0.0781. The molecule has 19 heavy (non-hydrogen) atoms. The molecule has 0 unspecified atom stereocenters. The molecule has 1 aromatic rings. The van der Waals surface area contributed by atoms with Crippen LogP contribution < -0.4 is 4.74 Å². The van der Waals surface area contributed by atoms with Crippen molar-refractivity contribution in [1.82, 2.24) is 4.90 Å². The van der Waals surface area contributed by atoms with E-state index in [1.54, 1.807) is 0 Å². The van der Waals surface area contributed by atoms with Crippen LogP contribution in [0.1, 0.15) is 23.2 Å². The molecule has 1 aliphatic rings. The lowest BCUT2D eigenvalue weighted by Crippen LogP contribution is -2.43. The largest absolute Gasteiger partial charge is 0.488 e. The molecule has 5 nitrogen and oxygen atoms in total. The summed E-state index contributed by atoms with van der Waals surface area (Å²) in [5.41, 5.74) is 0.258. The summed E-state index contributed by atoms with van der Waals surface area (Å²) in [7, 11) is 0. The molecule has 0 radical (unpaired) electrons. The molecule has 102 valence electrons. The van der Waals surface area contributed by atoms with Gasteiger partial charge in [-0.15, -0.1) is 0 Å². The fourth-order valence-electron chi connectivity index (χ4n) is 2.10. The minimum Gasteiger partial charge on any atom is -0.488 e. The van der Waals surface area contributed by atoms with E-state index in [4.69, 9.17) is 9.84 Å². The molecule has 1 fully saturated rings. The molecule has 1 saturated heterocycles. The van der Waals surface area contributed by atoms with Crippen LogP contribution in [0, 0.1) is 5.82 Å². The Bertz CT molecular complexity index is 492. The molecular weight excluding hydrogens is 253 g/mol. The molecule has 1 atom stereocenters. The first-order chi connectivity index (χ1) is 9.10. The summed E-state index contributed by atoms with van der Waals surface area (Å²) in [4.78, 5) is 23.0. The van der Waals surface area contributed by atoms with Crippen LogP contribution in [0.2, 0.25) is 0 Å². The van der Waals surface area contributed by atoms with Gasteiger partial charge in [0.25, 0.3) is 0 Å². The van der Waals surface area contributed by atoms with E-state index in [1.165, 1.54) is 17.0 Å². The zero-order chi connectivity index (χ0) is 13.8. The van der Waals surface area contributed by atoms with Gasteiger partial charge in [0.05, 0.1) is 12.1 Å². The van der Waals surface area contributed by atoms with Crippen LogP contribution >= 0.6 is 0 Å². The predicted molar refractivity (Wildman–Crippen MR) is 65.0 cm³/mol. The van der Waals surface area contributed by atoms with E-state index in [-0.39, 0.29) is 24.0 Å². The molecule has 2 rings (SSSR count). The second-order valence-corrected chi connectivity index (χ2v) is 4.41. The van der Waals surface area contributed by atoms with Crippen molar-refractivity contribution in [3.05, 3.63) is 29.6 Å². The van der Waals surface area contributed by atoms with Crippen molar-refractivity contribution in [2.75, 3.05) is 13.1 Å². The number of hydrogen-bond donors (Lipinski definition) is 1. The molecule has 0 saturated carbocycles. The van der Waals surface area contributed by atoms with E-state index < -0.39 is 11.9 Å². The van der Waals surface area contributed by atoms with Gasteiger partial charge in [0.15, 0.2) is 6.29 Å². The summed E-state index contributed by atoms with van der Waals surface area (Å²) in [5, 5.41) is 8.92. The number of carbonyl (C=O) groups is 2. The zero-order valence-corrected chi connectivity index (χ0v) is 10.2. The van der Waals surface area contributed by atoms with Gasteiger partial charge < -0.3 is 14.7 Å². The quantitative estimate of drug-likeness (QED) is 0.852. The van der Waals surface area contributed by atoms with Gasteiger partial charge in [0.1, 0.15) is 17.7 Å². The van der Waals surface area contributed by atoms with Crippen molar-refractivity contribution < 1.29 is 23.8 Å². The lowest BCUT2D eigenvalue weighted by Gasteiger charge is -2.31. The first kappa shape index (κ1) is 13.3. The monoisotopic (exact) mass is 267 g/mol. The molecule has 0 spiro atoms. The molecule has 1 N–H and O–H groups in total. The van der Waals surface area contributed by atoms with Crippen molar-refractivity contribution in [1.29, 1.82) is 0 Å². The van der Waals surface area contributed by atoms with E-state index >= 15 is 0 Å². The number of piperidine rings is 1. The fourth-order valence-corrected chi connectivity index (χ4v) is 2.10. The topological polar surface area (TPSA) is 66.8 Å². The maximum Gasteiger partial charge on any atom is 0.407 e. The number of nitrogens with zero attached hydrogens (tertiary/aromatic N) is 1. The zero-order valence-electron chi connectivity index (χ0n) is 10.2. The third kappa shape index (κ3) is 3.21. The van der Waals surface area contributed by atoms with Crippen LogP contribution in [0.5, 0.6) is 5.75 Å². The highest BCUT2D eigenvalue weighted by Gasteiger charge is 2.25. The average Bonchev–Trinajstić information content (AvgIpc) is 2.39. The van der Waals surface area contributed by atoms with Crippen molar-refractivity contribution >= 4 is 12.4 Å². The van der Waals surface area contributed by atoms with E-state index in [1.807, 2.05) is 0 Å². The normalized spacial score (nSPS) is 19.0. The van der Waals surface area contributed by atoms with Crippen LogP contribution in [-0.4, -0.2) is 41.6 Å². The summed E-state index contributed by atoms with van der Waals surface area (Å²) in [6.07, 6.45) is 0.599. The summed E-state index contributed by atoms with van der Waals surface area (Å²) in [6.45, 7) is 0.697. The van der Waals surface area contributed by atoms with Gasteiger partial charge >= 0.3 is 6.09 Å². The third-order valence-corrected chi connectivity index (χ3v) is 3.04. The molecule has 6 heteroatoms. The van der Waals surface area contributed by atoms with Gasteiger partial charge in [-0.3, -0.25) is 4.79 Å². The standard InChI is InChI=1S/C13H14FNO4/c14-10-4-3-9(8-16)12(6-10)19-11-2-1-5-15(7-11)13(17)18/h3-4,6,8,11H,1-2,5,7H2,(H,17,18)/t11-/m0/s1. The Morgan fingerprint density at radius 1 is 1.53 bits per heavy atom. The molecule has 0 aromatic heterocycles. The van der Waals surface area contributed by atoms with Crippen molar-refractivity contribution in [3.8, 4) is 5.75 Å². The van der Waals surface area contributed by atoms with E-state index in [0.717, 1.165) is 6.07 Å². The minimum absolute atomic E-state index is 0.159. The maximum atomic E-state index is 13.1. The second kappa shape index (κ2) is 5.69. The molecule has 0 aliphatic carbocycles. The SMILES string of the molecule is O=Cc1ccc(F)cc1O[C@H]1CCCN(C(=O)O)C1. The smallest absolute Gasteiger partial charge is 0.407 e. The van der Waals surface area contributed by atoms with E-state index in [2.05, 4.69) is 0 Å². The lowest BCUT2D eigenvalue weighted by atomic mass is 10.1. The van der Waals surface area contributed by atoms with Crippen molar-refractivity contribution in [2.45, 2.75) is 18.9 Å². The number of aldehydes is 1. The van der Waals surface area contributed by atoms with Gasteiger partial charge in [-0.05, 0) is 25.0 Å². The van der Waals surface area contributed by atoms with Crippen molar-refractivity contribution in [2.24, 2.45) is 0 Å². The number of carboxylic acid groups (broad SMARTS) is 1. The average molecular weight is 267 g/mol. The molecular formula is C13H14FNO4. The molecule has 0 bridgehead atoms. The number of hydrogen-bond acceptors (Lipinski definition) is 3. The Morgan fingerprint density at radius 3 is 3.00 bits per heavy atom. The highest BCUT2D eigenvalue weighted by atomic mass is 19.1. The minimum atomic E-state index is -0.997. The predicted octanol–water partition coefficient (Wildman–Crippen LogP) is 2.16. The maximum absolute atomic E-state index is 13.1.